The van der Waals surface area contributed by atoms with Crippen molar-refractivity contribution in [3.8, 4) is 61.3 Å². The second-order valence-electron chi connectivity index (χ2n) is 17.7. The topological polar surface area (TPSA) is 21.3 Å². The highest BCUT2D eigenvalue weighted by Crippen LogP contribution is 2.41. The number of aromatic nitrogens is 1. The molecule has 11 aromatic carbocycles. The fraction of sp³-hybridized carbons (Fsp3) is 0. The van der Waals surface area contributed by atoms with E-state index in [0.29, 0.717) is 0 Å². The lowest BCUT2D eigenvalue weighted by molar-refractivity contribution is 0.669. The van der Waals surface area contributed by atoms with Crippen molar-refractivity contribution in [2.45, 2.75) is 0 Å². The van der Waals surface area contributed by atoms with Crippen molar-refractivity contribution < 1.29 is 4.42 Å². The summed E-state index contributed by atoms with van der Waals surface area (Å²) in [4.78, 5) is 2.36. The molecule has 0 amide bonds. The van der Waals surface area contributed by atoms with Gasteiger partial charge in [-0.1, -0.05) is 182 Å². The summed E-state index contributed by atoms with van der Waals surface area (Å²) in [5.41, 5.74) is 20.1. The highest BCUT2D eigenvalue weighted by molar-refractivity contribution is 6.09. The lowest BCUT2D eigenvalue weighted by Crippen LogP contribution is -2.10. The van der Waals surface area contributed by atoms with E-state index in [0.717, 1.165) is 72.5 Å². The molecule has 0 fully saturated rings. The van der Waals surface area contributed by atoms with E-state index in [1.807, 2.05) is 6.07 Å². The first-order chi connectivity index (χ1) is 34.2. The minimum absolute atomic E-state index is 0.877. The van der Waals surface area contributed by atoms with Crippen molar-refractivity contribution in [2.24, 2.45) is 0 Å². The van der Waals surface area contributed by atoms with Gasteiger partial charge in [-0.05, 0) is 141 Å². The van der Waals surface area contributed by atoms with Crippen LogP contribution in [0.4, 0.5) is 17.1 Å². The Morgan fingerprint density at radius 1 is 0.246 bits per heavy atom. The molecular weight excluding hydrogens is 837 g/mol. The first-order valence-electron chi connectivity index (χ1n) is 23.6. The zero-order chi connectivity index (χ0) is 45.7. The molecule has 0 saturated heterocycles. The summed E-state index contributed by atoms with van der Waals surface area (Å²) in [6, 6.07) is 96.0. The van der Waals surface area contributed by atoms with Gasteiger partial charge in [-0.25, -0.2) is 0 Å². The number of anilines is 3. The average Bonchev–Trinajstić information content (AvgIpc) is 3.97. The van der Waals surface area contributed by atoms with E-state index in [-0.39, 0.29) is 0 Å². The number of fused-ring (bicyclic) bond motifs is 6. The SMILES string of the molecule is c1ccc(-c2cccc(N(c3ccc(-c4ccc(-c5cccc(-n6c7ccccc7c7ccccc76)c5)cc4)cc3)c3cccc(-c4ccc5c(c4)oc4cc(-c6ccccc6)ccc45)c3)c2)cc1. The van der Waals surface area contributed by atoms with Crippen LogP contribution in [0.1, 0.15) is 0 Å². The Morgan fingerprint density at radius 2 is 0.623 bits per heavy atom. The highest BCUT2D eigenvalue weighted by atomic mass is 16.3. The van der Waals surface area contributed by atoms with E-state index >= 15 is 0 Å². The third-order valence-corrected chi connectivity index (χ3v) is 13.6. The van der Waals surface area contributed by atoms with E-state index in [2.05, 4.69) is 270 Å². The van der Waals surface area contributed by atoms with Crippen LogP contribution in [-0.2, 0) is 0 Å². The molecule has 13 aromatic rings. The second-order valence-corrected chi connectivity index (χ2v) is 17.7. The maximum Gasteiger partial charge on any atom is 0.136 e. The van der Waals surface area contributed by atoms with E-state index in [9.17, 15) is 0 Å². The minimum Gasteiger partial charge on any atom is -0.456 e. The molecule has 0 unspecified atom stereocenters. The lowest BCUT2D eigenvalue weighted by Gasteiger charge is -2.27. The summed E-state index contributed by atoms with van der Waals surface area (Å²) in [7, 11) is 0. The Labute approximate surface area is 401 Å². The molecule has 0 aliphatic rings. The van der Waals surface area contributed by atoms with Gasteiger partial charge >= 0.3 is 0 Å². The summed E-state index contributed by atoms with van der Waals surface area (Å²) in [6.45, 7) is 0. The lowest BCUT2D eigenvalue weighted by atomic mass is 9.99. The summed E-state index contributed by atoms with van der Waals surface area (Å²) >= 11 is 0. The smallest absolute Gasteiger partial charge is 0.136 e. The standard InChI is InChI=1S/C66H44N2O/c1-3-14-45(15-4-1)50-18-11-21-56(40-50)67(57-22-13-20-52(42-57)54-35-39-62-61-38-34-53(46-16-5-2-6-17-46)43-65(61)69-66(62)44-54)55-36-32-48(33-37-55)47-28-30-49(31-29-47)51-19-12-23-58(41-51)68-63-26-9-7-24-59(63)60-25-8-10-27-64(60)68/h1-44H. The zero-order valence-corrected chi connectivity index (χ0v) is 37.7. The molecule has 2 heterocycles. The second kappa shape index (κ2) is 16.9. The molecule has 13 rings (SSSR count). The number of nitrogens with zero attached hydrogens (tertiary/aromatic N) is 2. The van der Waals surface area contributed by atoms with Gasteiger partial charge < -0.3 is 13.9 Å². The molecule has 3 nitrogen and oxygen atoms in total. The number of furan rings is 1. The van der Waals surface area contributed by atoms with Crippen molar-refractivity contribution in [1.29, 1.82) is 0 Å². The van der Waals surface area contributed by atoms with Crippen LogP contribution in [0, 0.1) is 0 Å². The average molecular weight is 881 g/mol. The van der Waals surface area contributed by atoms with Crippen LogP contribution < -0.4 is 4.90 Å². The van der Waals surface area contributed by atoms with Gasteiger partial charge in [-0.2, -0.15) is 0 Å². The third-order valence-electron chi connectivity index (χ3n) is 13.6. The summed E-state index contributed by atoms with van der Waals surface area (Å²) in [6.07, 6.45) is 0. The molecule has 0 N–H and O–H groups in total. The van der Waals surface area contributed by atoms with Gasteiger partial charge in [-0.15, -0.1) is 0 Å². The van der Waals surface area contributed by atoms with Crippen molar-refractivity contribution in [3.05, 3.63) is 267 Å². The Kier molecular flexibility index (Phi) is 9.84. The molecule has 0 aliphatic carbocycles. The quantitative estimate of drug-likeness (QED) is 0.144. The predicted molar refractivity (Wildman–Crippen MR) is 290 cm³/mol. The van der Waals surface area contributed by atoms with Gasteiger partial charge in [0.25, 0.3) is 0 Å². The van der Waals surface area contributed by atoms with Crippen LogP contribution in [0.15, 0.2) is 271 Å². The van der Waals surface area contributed by atoms with Gasteiger partial charge in [0.05, 0.1) is 11.0 Å². The largest absolute Gasteiger partial charge is 0.456 e. The third kappa shape index (κ3) is 7.34. The summed E-state index contributed by atoms with van der Waals surface area (Å²) in [5, 5.41) is 4.77. The maximum atomic E-state index is 6.56. The Balaban J connectivity index is 0.831. The molecule has 2 aromatic heterocycles. The summed E-state index contributed by atoms with van der Waals surface area (Å²) < 4.78 is 8.94. The molecule has 0 aliphatic heterocycles. The van der Waals surface area contributed by atoms with E-state index in [1.54, 1.807) is 0 Å². The Bertz CT molecular complexity index is 3940. The van der Waals surface area contributed by atoms with Crippen molar-refractivity contribution >= 4 is 60.8 Å². The van der Waals surface area contributed by atoms with Gasteiger partial charge in [0, 0.05) is 44.3 Å². The van der Waals surface area contributed by atoms with E-state index in [1.165, 1.54) is 49.6 Å². The molecular formula is C66H44N2O. The predicted octanol–water partition coefficient (Wildman–Crippen LogP) is 18.5. The minimum atomic E-state index is 0.877. The van der Waals surface area contributed by atoms with E-state index < -0.39 is 0 Å². The van der Waals surface area contributed by atoms with Crippen LogP contribution in [0.3, 0.4) is 0 Å². The van der Waals surface area contributed by atoms with E-state index in [4.69, 9.17) is 4.42 Å². The normalized spacial score (nSPS) is 11.5. The van der Waals surface area contributed by atoms with Crippen molar-refractivity contribution in [1.82, 2.24) is 4.57 Å². The van der Waals surface area contributed by atoms with Gasteiger partial charge in [-0.3, -0.25) is 0 Å². The molecule has 324 valence electrons. The van der Waals surface area contributed by atoms with Gasteiger partial charge in [0.1, 0.15) is 11.2 Å². The van der Waals surface area contributed by atoms with Crippen LogP contribution in [0.5, 0.6) is 0 Å². The first-order valence-corrected chi connectivity index (χ1v) is 23.6. The zero-order valence-electron chi connectivity index (χ0n) is 37.7. The summed E-state index contributed by atoms with van der Waals surface area (Å²) in [5.74, 6) is 0. The molecule has 0 bridgehead atoms. The number of para-hydroxylation sites is 2. The molecule has 0 radical (unpaired) electrons. The van der Waals surface area contributed by atoms with Crippen LogP contribution in [0.2, 0.25) is 0 Å². The van der Waals surface area contributed by atoms with Crippen molar-refractivity contribution in [2.75, 3.05) is 4.90 Å². The molecule has 0 spiro atoms. The highest BCUT2D eigenvalue weighted by Gasteiger charge is 2.17. The molecule has 0 atom stereocenters. The van der Waals surface area contributed by atoms with Crippen molar-refractivity contribution in [3.63, 3.8) is 0 Å². The number of benzene rings is 11. The Hall–Kier alpha value is -9.18. The van der Waals surface area contributed by atoms with Crippen LogP contribution in [0.25, 0.3) is 105 Å². The number of rotatable bonds is 9. The molecule has 3 heteroatoms. The molecule has 69 heavy (non-hydrogen) atoms. The Morgan fingerprint density at radius 3 is 1.17 bits per heavy atom. The van der Waals surface area contributed by atoms with Crippen LogP contribution in [-0.4, -0.2) is 4.57 Å². The number of hydrogen-bond acceptors (Lipinski definition) is 2. The maximum absolute atomic E-state index is 6.56. The monoisotopic (exact) mass is 880 g/mol. The van der Waals surface area contributed by atoms with Gasteiger partial charge in [0.2, 0.25) is 0 Å². The fourth-order valence-corrected chi connectivity index (χ4v) is 10.2. The van der Waals surface area contributed by atoms with Gasteiger partial charge in [0.15, 0.2) is 0 Å². The van der Waals surface area contributed by atoms with Crippen LogP contribution >= 0.6 is 0 Å². The fourth-order valence-electron chi connectivity index (χ4n) is 10.2. The molecule has 0 saturated carbocycles. The first kappa shape index (κ1) is 40.1. The number of hydrogen-bond donors (Lipinski definition) is 0.